The monoisotopic (exact) mass is 409 g/mol. The number of fused-ring (bicyclic) bond motifs is 1. The second kappa shape index (κ2) is 7.48. The lowest BCUT2D eigenvalue weighted by Crippen LogP contribution is -2.44. The Hall–Kier alpha value is -1.92. The van der Waals surface area contributed by atoms with E-state index >= 15 is 0 Å². The fourth-order valence-corrected chi connectivity index (χ4v) is 4.26. The summed E-state index contributed by atoms with van der Waals surface area (Å²) in [6, 6.07) is 6.85. The van der Waals surface area contributed by atoms with Crippen LogP contribution in [0.5, 0.6) is 0 Å². The van der Waals surface area contributed by atoms with Gasteiger partial charge in [0.05, 0.1) is 10.9 Å². The van der Waals surface area contributed by atoms with Gasteiger partial charge in [-0.25, -0.2) is 0 Å². The fraction of sp³-hybridized carbons (Fsp3) is 0.429. The van der Waals surface area contributed by atoms with Crippen molar-refractivity contribution in [1.29, 1.82) is 0 Å². The first kappa shape index (κ1) is 19.4. The van der Waals surface area contributed by atoms with Crippen LogP contribution in [0.25, 0.3) is 10.9 Å². The van der Waals surface area contributed by atoms with Gasteiger partial charge < -0.3 is 14.4 Å². The zero-order valence-electron chi connectivity index (χ0n) is 15.7. The maximum Gasteiger partial charge on any atom is 0.431 e. The Morgan fingerprint density at radius 1 is 1.14 bits per heavy atom. The molecule has 2 heterocycles. The number of benzene rings is 1. The maximum absolute atomic E-state index is 13.8. The molecule has 7 heteroatoms. The predicted octanol–water partition coefficient (Wildman–Crippen LogP) is 4.91. The number of hydrogen-bond donors (Lipinski definition) is 0. The molecule has 4 rings (SSSR count). The summed E-state index contributed by atoms with van der Waals surface area (Å²) >= 11 is 6.17. The normalized spacial score (nSPS) is 21.4. The van der Waals surface area contributed by atoms with E-state index in [-0.39, 0.29) is 11.9 Å². The van der Waals surface area contributed by atoms with Crippen molar-refractivity contribution in [2.75, 3.05) is 38.1 Å². The molecule has 1 atom stereocenters. The van der Waals surface area contributed by atoms with Gasteiger partial charge in [0.15, 0.2) is 0 Å². The maximum atomic E-state index is 13.8. The van der Waals surface area contributed by atoms with Gasteiger partial charge in [-0.15, -0.1) is 11.6 Å². The van der Waals surface area contributed by atoms with Crippen LogP contribution in [0.15, 0.2) is 48.1 Å². The molecule has 0 saturated carbocycles. The zero-order chi connectivity index (χ0) is 19.9. The molecule has 0 amide bonds. The van der Waals surface area contributed by atoms with Gasteiger partial charge in [0.1, 0.15) is 5.69 Å². The highest BCUT2D eigenvalue weighted by atomic mass is 35.5. The van der Waals surface area contributed by atoms with E-state index in [0.717, 1.165) is 37.4 Å². The number of hydrogen-bond acceptors (Lipinski definition) is 2. The molecule has 0 radical (unpaired) electrons. The van der Waals surface area contributed by atoms with Crippen LogP contribution in [0.4, 0.5) is 18.9 Å². The van der Waals surface area contributed by atoms with E-state index in [1.165, 1.54) is 10.6 Å². The van der Waals surface area contributed by atoms with Crippen molar-refractivity contribution in [1.82, 2.24) is 9.47 Å². The first-order valence-corrected chi connectivity index (χ1v) is 9.91. The summed E-state index contributed by atoms with van der Waals surface area (Å²) in [5, 5.41) is 0.485. The second-order valence-electron chi connectivity index (χ2n) is 7.51. The van der Waals surface area contributed by atoms with Gasteiger partial charge in [0, 0.05) is 43.8 Å². The van der Waals surface area contributed by atoms with Crippen molar-refractivity contribution < 1.29 is 13.2 Å². The summed E-state index contributed by atoms with van der Waals surface area (Å²) < 4.78 is 42.9. The van der Waals surface area contributed by atoms with E-state index in [4.69, 9.17) is 11.6 Å². The predicted molar refractivity (Wildman–Crippen MR) is 108 cm³/mol. The van der Waals surface area contributed by atoms with Gasteiger partial charge in [0.25, 0.3) is 0 Å². The van der Waals surface area contributed by atoms with Crippen LogP contribution in [0.1, 0.15) is 12.1 Å². The van der Waals surface area contributed by atoms with Gasteiger partial charge >= 0.3 is 6.18 Å². The largest absolute Gasteiger partial charge is 0.431 e. The van der Waals surface area contributed by atoms with Gasteiger partial charge in [-0.05, 0) is 37.2 Å². The van der Waals surface area contributed by atoms with E-state index in [1.54, 1.807) is 6.07 Å². The van der Waals surface area contributed by atoms with Crippen LogP contribution in [0, 0.1) is 0 Å². The van der Waals surface area contributed by atoms with E-state index in [0.29, 0.717) is 17.3 Å². The molecule has 2 aliphatic rings. The third kappa shape index (κ3) is 3.80. The topological polar surface area (TPSA) is 11.4 Å². The lowest BCUT2D eigenvalue weighted by atomic mass is 10.1. The Kier molecular flexibility index (Phi) is 5.19. The number of anilines is 1. The zero-order valence-corrected chi connectivity index (χ0v) is 16.5. The van der Waals surface area contributed by atoms with Crippen molar-refractivity contribution in [2.45, 2.75) is 24.5 Å². The molecule has 2 aromatic rings. The minimum atomic E-state index is -4.42. The molecule has 1 aliphatic carbocycles. The molecule has 1 unspecified atom stereocenters. The van der Waals surface area contributed by atoms with Gasteiger partial charge in [-0.3, -0.25) is 0 Å². The second-order valence-corrected chi connectivity index (χ2v) is 8.07. The molecule has 1 aromatic carbocycles. The van der Waals surface area contributed by atoms with Gasteiger partial charge in [-0.2, -0.15) is 13.2 Å². The van der Waals surface area contributed by atoms with Crippen LogP contribution < -0.4 is 4.90 Å². The van der Waals surface area contributed by atoms with Crippen LogP contribution in [0.3, 0.4) is 0 Å². The van der Waals surface area contributed by atoms with Crippen LogP contribution in [-0.2, 0) is 12.7 Å². The first-order valence-electron chi connectivity index (χ1n) is 9.47. The Morgan fingerprint density at radius 3 is 2.57 bits per heavy atom. The summed E-state index contributed by atoms with van der Waals surface area (Å²) in [7, 11) is 2.06. The average Bonchev–Trinajstić information content (AvgIpc) is 3.02. The van der Waals surface area contributed by atoms with Crippen LogP contribution in [-0.4, -0.2) is 48.1 Å². The highest BCUT2D eigenvalue weighted by Crippen LogP contribution is 2.38. The first-order chi connectivity index (χ1) is 13.3. The number of nitrogens with zero attached hydrogens (tertiary/aromatic N) is 3. The fourth-order valence-electron chi connectivity index (χ4n) is 3.99. The number of rotatable bonds is 3. The highest BCUT2D eigenvalue weighted by molar-refractivity contribution is 6.22. The van der Waals surface area contributed by atoms with Crippen molar-refractivity contribution in [3.8, 4) is 0 Å². The van der Waals surface area contributed by atoms with E-state index in [9.17, 15) is 13.2 Å². The lowest BCUT2D eigenvalue weighted by Gasteiger charge is -2.34. The number of aromatic nitrogens is 1. The molecule has 1 aromatic heterocycles. The van der Waals surface area contributed by atoms with Crippen molar-refractivity contribution in [3.05, 3.63) is 53.8 Å². The SMILES string of the molecule is CN1CCN(c2cccc3c2cc(C(F)(F)F)n3CC2=CC(Cl)CC=C2)CC1. The highest BCUT2D eigenvalue weighted by Gasteiger charge is 2.36. The molecular formula is C21H23ClF3N3. The number of likely N-dealkylation sites (N-methyl/N-ethyl adjacent to an activating group) is 1. The molecule has 1 fully saturated rings. The summed E-state index contributed by atoms with van der Waals surface area (Å²) in [6.07, 6.45) is 1.92. The summed E-state index contributed by atoms with van der Waals surface area (Å²) in [4.78, 5) is 4.41. The summed E-state index contributed by atoms with van der Waals surface area (Å²) in [6.45, 7) is 3.58. The molecule has 0 bridgehead atoms. The van der Waals surface area contributed by atoms with Crippen molar-refractivity contribution in [2.24, 2.45) is 0 Å². The number of alkyl halides is 4. The third-order valence-corrected chi connectivity index (χ3v) is 5.79. The van der Waals surface area contributed by atoms with Gasteiger partial charge in [0.2, 0.25) is 0 Å². The number of allylic oxidation sites excluding steroid dienone is 4. The standard InChI is InChI=1S/C21H23ClF3N3/c1-26-8-10-27(11-9-26)18-6-3-7-19-17(18)13-20(21(23,24)25)28(19)14-15-4-2-5-16(22)12-15/h2-4,6-7,12-13,16H,5,8-11,14H2,1H3. The average molecular weight is 410 g/mol. The minimum Gasteiger partial charge on any atom is -0.368 e. The lowest BCUT2D eigenvalue weighted by molar-refractivity contribution is -0.143. The molecule has 28 heavy (non-hydrogen) atoms. The Balaban J connectivity index is 1.79. The van der Waals surface area contributed by atoms with E-state index in [2.05, 4.69) is 16.8 Å². The van der Waals surface area contributed by atoms with E-state index in [1.807, 2.05) is 30.4 Å². The number of halogens is 4. The smallest absolute Gasteiger partial charge is 0.368 e. The Morgan fingerprint density at radius 2 is 1.89 bits per heavy atom. The molecule has 3 nitrogen and oxygen atoms in total. The quantitative estimate of drug-likeness (QED) is 0.667. The molecule has 0 N–H and O–H groups in total. The van der Waals surface area contributed by atoms with Crippen LogP contribution in [0.2, 0.25) is 0 Å². The Labute approximate surface area is 167 Å². The summed E-state index contributed by atoms with van der Waals surface area (Å²) in [5.74, 6) is 0. The van der Waals surface area contributed by atoms with Crippen LogP contribution >= 0.6 is 11.6 Å². The Bertz CT molecular complexity index is 921. The van der Waals surface area contributed by atoms with E-state index < -0.39 is 11.9 Å². The molecule has 150 valence electrons. The summed E-state index contributed by atoms with van der Waals surface area (Å²) in [5.41, 5.74) is 1.67. The van der Waals surface area contributed by atoms with Gasteiger partial charge in [-0.1, -0.05) is 24.3 Å². The molecule has 1 saturated heterocycles. The number of piperazine rings is 1. The molecule has 1 aliphatic heterocycles. The minimum absolute atomic E-state index is 0.157. The third-order valence-electron chi connectivity index (χ3n) is 5.49. The van der Waals surface area contributed by atoms with Crippen molar-refractivity contribution in [3.63, 3.8) is 0 Å². The molecular weight excluding hydrogens is 387 g/mol. The van der Waals surface area contributed by atoms with Crippen molar-refractivity contribution >= 4 is 28.2 Å². The molecule has 0 spiro atoms.